The summed E-state index contributed by atoms with van der Waals surface area (Å²) in [5.41, 5.74) is -1.95. The van der Waals surface area contributed by atoms with Crippen molar-refractivity contribution in [2.24, 2.45) is 0 Å². The molecule has 0 saturated heterocycles. The van der Waals surface area contributed by atoms with Crippen molar-refractivity contribution in [1.82, 2.24) is 4.98 Å². The van der Waals surface area contributed by atoms with Crippen LogP contribution in [0.3, 0.4) is 0 Å². The number of carbonyl (C=O) groups excluding carboxylic acids is 1. The number of nitrogens with zero attached hydrogens (tertiary/aromatic N) is 2. The molecule has 0 aliphatic heterocycles. The second kappa shape index (κ2) is 5.29. The zero-order chi connectivity index (χ0) is 13.2. The maximum Gasteiger partial charge on any atom is 0.340 e. The highest BCUT2D eigenvalue weighted by molar-refractivity contribution is 14.1. The number of rotatable bonds is 3. The molecule has 9 heteroatoms. The molecule has 1 aromatic rings. The summed E-state index contributed by atoms with van der Waals surface area (Å²) in [5.74, 6) is -1.09. The first-order valence-electron chi connectivity index (χ1n) is 4.09. The first kappa shape index (κ1) is 13.7. The molecular weight excluding hydrogens is 353 g/mol. The van der Waals surface area contributed by atoms with Gasteiger partial charge in [-0.15, -0.1) is 0 Å². The van der Waals surface area contributed by atoms with E-state index in [0.717, 1.165) is 13.2 Å². The largest absolute Gasteiger partial charge is 0.465 e. The SMILES string of the molecule is COC(=O)c1cc([N+](=O)[O-])c(I)nc1C(F)F. The zero-order valence-corrected chi connectivity index (χ0v) is 10.5. The molecular formula is C8H5F2IN2O4. The summed E-state index contributed by atoms with van der Waals surface area (Å²) in [4.78, 5) is 24.3. The van der Waals surface area contributed by atoms with Crippen LogP contribution in [0.25, 0.3) is 0 Å². The second-order valence-corrected chi connectivity index (χ2v) is 3.80. The first-order valence-corrected chi connectivity index (χ1v) is 5.17. The Morgan fingerprint density at radius 1 is 1.65 bits per heavy atom. The molecule has 0 unspecified atom stereocenters. The number of hydrogen-bond donors (Lipinski definition) is 0. The summed E-state index contributed by atoms with van der Waals surface area (Å²) in [7, 11) is 0.987. The standard InChI is InChI=1S/C8H5F2IN2O4/c1-17-8(14)3-2-4(13(15)16)7(11)12-5(3)6(9)10/h2,6H,1H3. The van der Waals surface area contributed by atoms with Crippen LogP contribution < -0.4 is 0 Å². The minimum absolute atomic E-state index is 0.212. The molecule has 1 rings (SSSR count). The van der Waals surface area contributed by atoms with Gasteiger partial charge in [0.25, 0.3) is 6.43 Å². The predicted molar refractivity (Wildman–Crippen MR) is 59.9 cm³/mol. The number of hydrogen-bond acceptors (Lipinski definition) is 5. The average molecular weight is 358 g/mol. The van der Waals surface area contributed by atoms with Crippen molar-refractivity contribution in [2.75, 3.05) is 7.11 Å². The molecule has 6 nitrogen and oxygen atoms in total. The summed E-state index contributed by atoms with van der Waals surface area (Å²) in [6.45, 7) is 0. The summed E-state index contributed by atoms with van der Waals surface area (Å²) < 4.78 is 29.2. The summed E-state index contributed by atoms with van der Waals surface area (Å²) >= 11 is 1.45. The number of pyridine rings is 1. The number of halogens is 3. The molecule has 0 spiro atoms. The summed E-state index contributed by atoms with van der Waals surface area (Å²) in [5, 5.41) is 10.6. The van der Waals surface area contributed by atoms with Gasteiger partial charge in [-0.05, 0) is 22.6 Å². The third-order valence-electron chi connectivity index (χ3n) is 1.80. The molecule has 0 amide bonds. The monoisotopic (exact) mass is 358 g/mol. The van der Waals surface area contributed by atoms with E-state index in [9.17, 15) is 23.7 Å². The van der Waals surface area contributed by atoms with Gasteiger partial charge in [-0.25, -0.2) is 18.6 Å². The molecule has 1 heterocycles. The van der Waals surface area contributed by atoms with Gasteiger partial charge in [0.15, 0.2) is 3.70 Å². The fourth-order valence-corrected chi connectivity index (χ4v) is 1.67. The third-order valence-corrected chi connectivity index (χ3v) is 2.59. The van der Waals surface area contributed by atoms with Crippen molar-refractivity contribution in [2.45, 2.75) is 6.43 Å². The molecule has 0 N–H and O–H groups in total. The fraction of sp³-hybridized carbons (Fsp3) is 0.250. The molecule has 0 bridgehead atoms. The molecule has 0 aromatic carbocycles. The molecule has 1 aromatic heterocycles. The lowest BCUT2D eigenvalue weighted by molar-refractivity contribution is -0.386. The third kappa shape index (κ3) is 2.84. The van der Waals surface area contributed by atoms with Crippen LogP contribution >= 0.6 is 22.6 Å². The molecule has 0 radical (unpaired) electrons. The Morgan fingerprint density at radius 2 is 2.24 bits per heavy atom. The number of ether oxygens (including phenoxy) is 1. The van der Waals surface area contributed by atoms with E-state index in [4.69, 9.17) is 0 Å². The van der Waals surface area contributed by atoms with E-state index in [1.807, 2.05) is 0 Å². The lowest BCUT2D eigenvalue weighted by atomic mass is 10.2. The zero-order valence-electron chi connectivity index (χ0n) is 8.32. The van der Waals surface area contributed by atoms with Gasteiger partial charge in [0.1, 0.15) is 5.69 Å². The van der Waals surface area contributed by atoms with Gasteiger partial charge in [-0.3, -0.25) is 10.1 Å². The Balaban J connectivity index is 3.47. The molecule has 0 atom stereocenters. The quantitative estimate of drug-likeness (QED) is 0.272. The number of alkyl halides is 2. The van der Waals surface area contributed by atoms with Gasteiger partial charge >= 0.3 is 11.7 Å². The van der Waals surface area contributed by atoms with Gasteiger partial charge in [0, 0.05) is 6.07 Å². The number of carbonyl (C=O) groups is 1. The smallest absolute Gasteiger partial charge is 0.340 e. The fourth-order valence-electron chi connectivity index (χ4n) is 1.06. The van der Waals surface area contributed by atoms with Gasteiger partial charge in [-0.2, -0.15) is 0 Å². The van der Waals surface area contributed by atoms with Crippen molar-refractivity contribution < 1.29 is 23.2 Å². The van der Waals surface area contributed by atoms with Crippen molar-refractivity contribution >= 4 is 34.2 Å². The topological polar surface area (TPSA) is 82.3 Å². The summed E-state index contributed by atoms with van der Waals surface area (Å²) in [6.07, 6.45) is -3.02. The summed E-state index contributed by atoms with van der Waals surface area (Å²) in [6, 6.07) is 0.738. The molecule has 0 aliphatic rings. The Bertz CT molecular complexity index is 481. The number of aromatic nitrogens is 1. The Hall–Kier alpha value is -1.39. The maximum atomic E-state index is 12.6. The molecule has 17 heavy (non-hydrogen) atoms. The number of nitro groups is 1. The highest BCUT2D eigenvalue weighted by Gasteiger charge is 2.27. The van der Waals surface area contributed by atoms with Crippen LogP contribution in [-0.2, 0) is 4.74 Å². The minimum atomic E-state index is -3.02. The second-order valence-electron chi connectivity index (χ2n) is 2.78. The van der Waals surface area contributed by atoms with E-state index >= 15 is 0 Å². The molecule has 0 saturated carbocycles. The van der Waals surface area contributed by atoms with Crippen LogP contribution in [0.4, 0.5) is 14.5 Å². The van der Waals surface area contributed by atoms with Gasteiger partial charge in [0.2, 0.25) is 0 Å². The average Bonchev–Trinajstić information content (AvgIpc) is 2.26. The van der Waals surface area contributed by atoms with Crippen LogP contribution in [0.2, 0.25) is 0 Å². The normalized spacial score (nSPS) is 10.4. The predicted octanol–water partition coefficient (Wildman–Crippen LogP) is 2.32. The molecule has 0 aliphatic carbocycles. The molecule has 0 fully saturated rings. The van der Waals surface area contributed by atoms with Crippen molar-refractivity contribution in [1.29, 1.82) is 0 Å². The lowest BCUT2D eigenvalue weighted by Gasteiger charge is -2.06. The highest BCUT2D eigenvalue weighted by atomic mass is 127. The van der Waals surface area contributed by atoms with E-state index < -0.39 is 34.3 Å². The number of esters is 1. The van der Waals surface area contributed by atoms with Crippen LogP contribution in [0.5, 0.6) is 0 Å². The molecule has 92 valence electrons. The minimum Gasteiger partial charge on any atom is -0.465 e. The van der Waals surface area contributed by atoms with Crippen LogP contribution in [-0.4, -0.2) is 23.0 Å². The first-order chi connectivity index (χ1) is 7.88. The maximum absolute atomic E-state index is 12.6. The van der Waals surface area contributed by atoms with E-state index in [-0.39, 0.29) is 3.70 Å². The Morgan fingerprint density at radius 3 is 2.65 bits per heavy atom. The van der Waals surface area contributed by atoms with Crippen LogP contribution in [0.1, 0.15) is 22.5 Å². The van der Waals surface area contributed by atoms with E-state index in [2.05, 4.69) is 9.72 Å². The van der Waals surface area contributed by atoms with Crippen LogP contribution in [0, 0.1) is 13.8 Å². The van der Waals surface area contributed by atoms with Crippen molar-refractivity contribution in [3.05, 3.63) is 31.1 Å². The number of methoxy groups -OCH3 is 1. The van der Waals surface area contributed by atoms with Gasteiger partial charge < -0.3 is 4.74 Å². The highest BCUT2D eigenvalue weighted by Crippen LogP contribution is 2.28. The lowest BCUT2D eigenvalue weighted by Crippen LogP contribution is -2.10. The van der Waals surface area contributed by atoms with E-state index in [1.54, 1.807) is 0 Å². The van der Waals surface area contributed by atoms with Crippen molar-refractivity contribution in [3.8, 4) is 0 Å². The Labute approximate surface area is 107 Å². The van der Waals surface area contributed by atoms with Gasteiger partial charge in [0.05, 0.1) is 17.6 Å². The Kier molecular flexibility index (Phi) is 4.26. The van der Waals surface area contributed by atoms with Crippen molar-refractivity contribution in [3.63, 3.8) is 0 Å². The van der Waals surface area contributed by atoms with E-state index in [1.165, 1.54) is 22.6 Å². The van der Waals surface area contributed by atoms with E-state index in [0.29, 0.717) is 0 Å². The van der Waals surface area contributed by atoms with Gasteiger partial charge in [-0.1, -0.05) is 0 Å². The van der Waals surface area contributed by atoms with Crippen LogP contribution in [0.15, 0.2) is 6.07 Å².